The molecule has 1 N–H and O–H groups in total. The van der Waals surface area contributed by atoms with Crippen LogP contribution >= 0.6 is 22.7 Å². The fourth-order valence-corrected chi connectivity index (χ4v) is 3.08. The molecule has 86 valence electrons. The van der Waals surface area contributed by atoms with Gasteiger partial charge in [0, 0.05) is 23.0 Å². The number of thiazole rings is 1. The lowest BCUT2D eigenvalue weighted by Crippen LogP contribution is -2.35. The third-order valence-electron chi connectivity index (χ3n) is 2.63. The minimum Gasteiger partial charge on any atom is -0.301 e. The summed E-state index contributed by atoms with van der Waals surface area (Å²) in [6.07, 6.45) is 1.86. The average Bonchev–Trinajstić information content (AvgIpc) is 2.85. The van der Waals surface area contributed by atoms with Crippen molar-refractivity contribution in [2.45, 2.75) is 32.9 Å². The largest absolute Gasteiger partial charge is 0.301 e. The molecule has 16 heavy (non-hydrogen) atoms. The highest BCUT2D eigenvalue weighted by molar-refractivity contribution is 7.10. The minimum atomic E-state index is -0.0510. The van der Waals surface area contributed by atoms with Crippen LogP contribution in [0.3, 0.4) is 0 Å². The zero-order chi connectivity index (χ0) is 11.6. The lowest BCUT2D eigenvalue weighted by molar-refractivity contribution is 0.401. The van der Waals surface area contributed by atoms with E-state index in [0.29, 0.717) is 0 Å². The van der Waals surface area contributed by atoms with Crippen molar-refractivity contribution in [3.05, 3.63) is 38.5 Å². The molecule has 0 saturated carbocycles. The molecular weight excluding hydrogens is 236 g/mol. The standard InChI is InChI=1S/C12H16N2S2/c1-9-4-6-15-10(9)8-14-12(2,3)11-13-5-7-16-11/h4-7,14H,8H2,1-3H3. The summed E-state index contributed by atoms with van der Waals surface area (Å²) < 4.78 is 0. The molecule has 0 aliphatic heterocycles. The van der Waals surface area contributed by atoms with Gasteiger partial charge in [-0.25, -0.2) is 4.98 Å². The summed E-state index contributed by atoms with van der Waals surface area (Å²) in [5.74, 6) is 0. The van der Waals surface area contributed by atoms with Crippen molar-refractivity contribution in [1.82, 2.24) is 10.3 Å². The molecule has 0 radical (unpaired) electrons. The first kappa shape index (κ1) is 11.8. The van der Waals surface area contributed by atoms with Gasteiger partial charge in [-0.3, -0.25) is 0 Å². The maximum absolute atomic E-state index is 4.37. The van der Waals surface area contributed by atoms with E-state index in [-0.39, 0.29) is 5.54 Å². The van der Waals surface area contributed by atoms with E-state index >= 15 is 0 Å². The van der Waals surface area contributed by atoms with Crippen LogP contribution in [0.1, 0.15) is 29.3 Å². The molecule has 0 aliphatic carbocycles. The summed E-state index contributed by atoms with van der Waals surface area (Å²) in [6.45, 7) is 7.42. The monoisotopic (exact) mass is 252 g/mol. The first-order valence-electron chi connectivity index (χ1n) is 5.27. The van der Waals surface area contributed by atoms with Crippen LogP contribution < -0.4 is 5.32 Å². The molecule has 0 atom stereocenters. The molecule has 2 aromatic heterocycles. The summed E-state index contributed by atoms with van der Waals surface area (Å²) in [7, 11) is 0. The second-order valence-electron chi connectivity index (χ2n) is 4.34. The predicted octanol–water partition coefficient (Wildman–Crippen LogP) is 3.54. The van der Waals surface area contributed by atoms with Gasteiger partial charge in [0.15, 0.2) is 0 Å². The smallest absolute Gasteiger partial charge is 0.112 e. The Balaban J connectivity index is 2.03. The molecule has 0 fully saturated rings. The minimum absolute atomic E-state index is 0.0510. The first-order valence-corrected chi connectivity index (χ1v) is 7.03. The summed E-state index contributed by atoms with van der Waals surface area (Å²) in [5.41, 5.74) is 1.32. The van der Waals surface area contributed by atoms with E-state index in [1.807, 2.05) is 22.9 Å². The summed E-state index contributed by atoms with van der Waals surface area (Å²) in [5, 5.41) is 8.87. The second kappa shape index (κ2) is 4.65. The molecule has 0 unspecified atom stereocenters. The third-order valence-corrected chi connectivity index (χ3v) is 4.75. The Morgan fingerprint density at radius 2 is 2.12 bits per heavy atom. The zero-order valence-electron chi connectivity index (χ0n) is 9.78. The molecule has 2 nitrogen and oxygen atoms in total. The molecule has 0 aliphatic rings. The van der Waals surface area contributed by atoms with Crippen molar-refractivity contribution in [3.63, 3.8) is 0 Å². The van der Waals surface area contributed by atoms with Gasteiger partial charge >= 0.3 is 0 Å². The maximum atomic E-state index is 4.37. The molecule has 0 bridgehead atoms. The summed E-state index contributed by atoms with van der Waals surface area (Å²) in [4.78, 5) is 5.78. The fourth-order valence-electron chi connectivity index (χ4n) is 1.49. The van der Waals surface area contributed by atoms with Gasteiger partial charge in [0.25, 0.3) is 0 Å². The Kier molecular flexibility index (Phi) is 3.42. The number of aryl methyl sites for hydroxylation is 1. The number of nitrogens with zero attached hydrogens (tertiary/aromatic N) is 1. The molecule has 0 amide bonds. The van der Waals surface area contributed by atoms with Crippen LogP contribution in [0.15, 0.2) is 23.0 Å². The van der Waals surface area contributed by atoms with Crippen LogP contribution in [0.4, 0.5) is 0 Å². The number of rotatable bonds is 4. The van der Waals surface area contributed by atoms with E-state index < -0.39 is 0 Å². The van der Waals surface area contributed by atoms with E-state index in [4.69, 9.17) is 0 Å². The van der Waals surface area contributed by atoms with Gasteiger partial charge in [0.1, 0.15) is 5.01 Å². The number of hydrogen-bond donors (Lipinski definition) is 1. The van der Waals surface area contributed by atoms with Crippen molar-refractivity contribution >= 4 is 22.7 Å². The van der Waals surface area contributed by atoms with E-state index in [1.54, 1.807) is 11.3 Å². The quantitative estimate of drug-likeness (QED) is 0.900. The molecule has 4 heteroatoms. The van der Waals surface area contributed by atoms with Crippen molar-refractivity contribution < 1.29 is 0 Å². The van der Waals surface area contributed by atoms with E-state index in [1.165, 1.54) is 10.4 Å². The Hall–Kier alpha value is -0.710. The zero-order valence-corrected chi connectivity index (χ0v) is 11.4. The van der Waals surface area contributed by atoms with Gasteiger partial charge in [-0.15, -0.1) is 22.7 Å². The number of thiophene rings is 1. The fraction of sp³-hybridized carbons (Fsp3) is 0.417. The SMILES string of the molecule is Cc1ccsc1CNC(C)(C)c1nccs1. The highest BCUT2D eigenvalue weighted by Gasteiger charge is 2.22. The normalized spacial score (nSPS) is 11.9. The molecular formula is C12H16N2S2. The van der Waals surface area contributed by atoms with Gasteiger partial charge in [0.05, 0.1) is 5.54 Å². The number of nitrogens with one attached hydrogen (secondary N) is 1. The molecule has 2 rings (SSSR count). The highest BCUT2D eigenvalue weighted by Crippen LogP contribution is 2.24. The van der Waals surface area contributed by atoms with Crippen molar-refractivity contribution in [1.29, 1.82) is 0 Å². The van der Waals surface area contributed by atoms with Crippen LogP contribution in [0.25, 0.3) is 0 Å². The van der Waals surface area contributed by atoms with Crippen LogP contribution in [0.5, 0.6) is 0 Å². The molecule has 2 aromatic rings. The first-order chi connectivity index (χ1) is 7.59. The van der Waals surface area contributed by atoms with Gasteiger partial charge in [-0.2, -0.15) is 0 Å². The van der Waals surface area contributed by atoms with Crippen LogP contribution in [-0.4, -0.2) is 4.98 Å². The molecule has 0 aromatic carbocycles. The lowest BCUT2D eigenvalue weighted by atomic mass is 10.1. The highest BCUT2D eigenvalue weighted by atomic mass is 32.1. The van der Waals surface area contributed by atoms with Gasteiger partial charge in [-0.05, 0) is 37.8 Å². The van der Waals surface area contributed by atoms with Crippen LogP contribution in [-0.2, 0) is 12.1 Å². The van der Waals surface area contributed by atoms with E-state index in [9.17, 15) is 0 Å². The summed E-state index contributed by atoms with van der Waals surface area (Å²) in [6, 6.07) is 2.16. The van der Waals surface area contributed by atoms with Crippen LogP contribution in [0, 0.1) is 6.92 Å². The maximum Gasteiger partial charge on any atom is 0.112 e. The van der Waals surface area contributed by atoms with Crippen molar-refractivity contribution in [3.8, 4) is 0 Å². The van der Waals surface area contributed by atoms with Crippen LogP contribution in [0.2, 0.25) is 0 Å². The third kappa shape index (κ3) is 2.51. The molecule has 2 heterocycles. The lowest BCUT2D eigenvalue weighted by Gasteiger charge is -2.23. The molecule has 0 saturated heterocycles. The second-order valence-corrected chi connectivity index (χ2v) is 6.24. The van der Waals surface area contributed by atoms with Crippen molar-refractivity contribution in [2.24, 2.45) is 0 Å². The predicted molar refractivity (Wildman–Crippen MR) is 71.0 cm³/mol. The topological polar surface area (TPSA) is 24.9 Å². The Morgan fingerprint density at radius 1 is 1.31 bits per heavy atom. The van der Waals surface area contributed by atoms with E-state index in [2.05, 4.69) is 42.5 Å². The average molecular weight is 252 g/mol. The number of aromatic nitrogens is 1. The van der Waals surface area contributed by atoms with Gasteiger partial charge in [-0.1, -0.05) is 0 Å². The Bertz CT molecular complexity index is 443. The Labute approximate surface area is 104 Å². The Morgan fingerprint density at radius 3 is 2.69 bits per heavy atom. The van der Waals surface area contributed by atoms with Gasteiger partial charge < -0.3 is 5.32 Å². The summed E-state index contributed by atoms with van der Waals surface area (Å²) >= 11 is 3.51. The van der Waals surface area contributed by atoms with E-state index in [0.717, 1.165) is 11.6 Å². The number of hydrogen-bond acceptors (Lipinski definition) is 4. The van der Waals surface area contributed by atoms with Crippen molar-refractivity contribution in [2.75, 3.05) is 0 Å². The molecule has 0 spiro atoms. The van der Waals surface area contributed by atoms with Gasteiger partial charge in [0.2, 0.25) is 0 Å².